The number of amides is 1. The molecule has 13 heavy (non-hydrogen) atoms. The Bertz CT molecular complexity index is 153. The normalized spacial score (nSPS) is 18.5. The zero-order valence-electron chi connectivity index (χ0n) is 8.22. The fourth-order valence-electron chi connectivity index (χ4n) is 1.71. The predicted octanol–water partition coefficient (Wildman–Crippen LogP) is 0.813. The van der Waals surface area contributed by atoms with Gasteiger partial charge < -0.3 is 10.2 Å². The van der Waals surface area contributed by atoms with Gasteiger partial charge in [-0.3, -0.25) is 4.79 Å². The third-order valence-electron chi connectivity index (χ3n) is 2.42. The van der Waals surface area contributed by atoms with Crippen LogP contribution in [0.4, 0.5) is 0 Å². The minimum absolute atomic E-state index is 0.168. The summed E-state index contributed by atoms with van der Waals surface area (Å²) in [5.74, 6) is -0.168. The summed E-state index contributed by atoms with van der Waals surface area (Å²) in [7, 11) is 0. The van der Waals surface area contributed by atoms with Gasteiger partial charge >= 0.3 is 0 Å². The summed E-state index contributed by atoms with van der Waals surface area (Å²) in [5, 5.41) is 2.71. The maximum atomic E-state index is 10.5. The number of nitrogens with one attached hydrogen (secondary N) is 1. The number of piperidine rings is 1. The fourth-order valence-corrected chi connectivity index (χ4v) is 1.71. The van der Waals surface area contributed by atoms with E-state index in [0.29, 0.717) is 0 Å². The van der Waals surface area contributed by atoms with Crippen LogP contribution in [0.5, 0.6) is 0 Å². The van der Waals surface area contributed by atoms with Gasteiger partial charge in [0.2, 0.25) is 5.91 Å². The molecule has 1 aliphatic rings. The molecule has 1 radical (unpaired) electrons. The van der Waals surface area contributed by atoms with Crippen LogP contribution >= 0.6 is 0 Å². The molecule has 0 saturated carbocycles. The van der Waals surface area contributed by atoms with E-state index in [1.54, 1.807) is 0 Å². The average Bonchev–Trinajstić information content (AvgIpc) is 2.14. The number of carbonyl (C=O) groups excluding carboxylic acids is 1. The van der Waals surface area contributed by atoms with Crippen LogP contribution in [0.2, 0.25) is 0 Å². The van der Waals surface area contributed by atoms with Crippen LogP contribution in [0.3, 0.4) is 0 Å². The Morgan fingerprint density at radius 3 is 2.62 bits per heavy atom. The van der Waals surface area contributed by atoms with Crippen molar-refractivity contribution in [2.24, 2.45) is 0 Å². The summed E-state index contributed by atoms with van der Waals surface area (Å²) >= 11 is 0. The maximum absolute atomic E-state index is 10.5. The molecule has 0 aliphatic carbocycles. The average molecular weight is 183 g/mol. The molecule has 1 heterocycles. The Morgan fingerprint density at radius 1 is 1.31 bits per heavy atom. The first kappa shape index (κ1) is 10.5. The first-order chi connectivity index (χ1) is 6.29. The minimum atomic E-state index is -0.168. The predicted molar refractivity (Wildman–Crippen MR) is 53.3 cm³/mol. The van der Waals surface area contributed by atoms with Crippen LogP contribution < -0.4 is 5.32 Å². The van der Waals surface area contributed by atoms with Gasteiger partial charge in [0.05, 0.1) is 0 Å². The molecule has 0 unspecified atom stereocenters. The van der Waals surface area contributed by atoms with E-state index in [2.05, 4.69) is 17.1 Å². The summed E-state index contributed by atoms with van der Waals surface area (Å²) in [5.41, 5.74) is 0. The third-order valence-corrected chi connectivity index (χ3v) is 2.42. The standard InChI is InChI=1S/C10H19N2O/c1-10(13)11-6-5-9-12-7-3-2-4-8-12/h1-9H2,(H,11,13). The smallest absolute Gasteiger partial charge is 0.220 e. The van der Waals surface area contributed by atoms with E-state index in [1.165, 1.54) is 32.4 Å². The highest BCUT2D eigenvalue weighted by atomic mass is 16.1. The second-order valence-corrected chi connectivity index (χ2v) is 3.61. The molecular weight excluding hydrogens is 164 g/mol. The molecule has 0 atom stereocenters. The van der Waals surface area contributed by atoms with Gasteiger partial charge in [-0.1, -0.05) is 6.42 Å². The molecule has 75 valence electrons. The molecule has 1 amide bonds. The lowest BCUT2D eigenvalue weighted by Gasteiger charge is -2.26. The third kappa shape index (κ3) is 4.88. The maximum Gasteiger partial charge on any atom is 0.220 e. The number of rotatable bonds is 4. The van der Waals surface area contributed by atoms with Crippen LogP contribution in [0.25, 0.3) is 0 Å². The first-order valence-corrected chi connectivity index (χ1v) is 5.11. The Labute approximate surface area is 80.5 Å². The quantitative estimate of drug-likeness (QED) is 0.654. The fraction of sp³-hybridized carbons (Fsp3) is 0.800. The molecular formula is C10H19N2O. The van der Waals surface area contributed by atoms with Gasteiger partial charge in [-0.2, -0.15) is 0 Å². The molecule has 1 saturated heterocycles. The van der Waals surface area contributed by atoms with Crippen molar-refractivity contribution >= 4 is 5.91 Å². The van der Waals surface area contributed by atoms with Crippen LogP contribution in [-0.2, 0) is 4.79 Å². The Morgan fingerprint density at radius 2 is 2.00 bits per heavy atom. The van der Waals surface area contributed by atoms with Gasteiger partial charge in [0.1, 0.15) is 0 Å². The molecule has 1 N–H and O–H groups in total. The van der Waals surface area contributed by atoms with Gasteiger partial charge in [-0.05, 0) is 38.9 Å². The van der Waals surface area contributed by atoms with E-state index in [1.807, 2.05) is 0 Å². The van der Waals surface area contributed by atoms with E-state index in [9.17, 15) is 4.79 Å². The van der Waals surface area contributed by atoms with E-state index in [4.69, 9.17) is 0 Å². The molecule has 1 rings (SSSR count). The second-order valence-electron chi connectivity index (χ2n) is 3.61. The number of nitrogens with zero attached hydrogens (tertiary/aromatic N) is 1. The molecule has 0 spiro atoms. The second kappa shape index (κ2) is 5.97. The lowest BCUT2D eigenvalue weighted by Crippen LogP contribution is -2.32. The van der Waals surface area contributed by atoms with Crippen molar-refractivity contribution in [2.75, 3.05) is 26.2 Å². The molecule has 3 heteroatoms. The number of hydrogen-bond donors (Lipinski definition) is 1. The van der Waals surface area contributed by atoms with Gasteiger partial charge in [0.25, 0.3) is 0 Å². The zero-order valence-corrected chi connectivity index (χ0v) is 8.22. The Balaban J connectivity index is 1.95. The molecule has 0 aromatic carbocycles. The topological polar surface area (TPSA) is 32.3 Å². The van der Waals surface area contributed by atoms with Crippen molar-refractivity contribution in [1.29, 1.82) is 0 Å². The SMILES string of the molecule is [CH2]C(=O)NCCCN1CCCCC1. The van der Waals surface area contributed by atoms with E-state index in [0.717, 1.165) is 19.5 Å². The van der Waals surface area contributed by atoms with Crippen molar-refractivity contribution < 1.29 is 4.79 Å². The highest BCUT2D eigenvalue weighted by Gasteiger charge is 2.08. The van der Waals surface area contributed by atoms with Crippen LogP contribution in [0, 0.1) is 6.92 Å². The summed E-state index contributed by atoms with van der Waals surface area (Å²) in [4.78, 5) is 12.9. The summed E-state index contributed by atoms with van der Waals surface area (Å²) in [6.07, 6.45) is 5.09. The highest BCUT2D eigenvalue weighted by Crippen LogP contribution is 2.08. The first-order valence-electron chi connectivity index (χ1n) is 5.11. The molecule has 0 aromatic heterocycles. The molecule has 1 aliphatic heterocycles. The number of carbonyl (C=O) groups is 1. The molecule has 1 fully saturated rings. The number of likely N-dealkylation sites (tertiary alicyclic amines) is 1. The molecule has 0 aromatic rings. The van der Waals surface area contributed by atoms with Gasteiger partial charge in [-0.25, -0.2) is 0 Å². The summed E-state index contributed by atoms with van der Waals surface area (Å²) < 4.78 is 0. The summed E-state index contributed by atoms with van der Waals surface area (Å²) in [6, 6.07) is 0. The van der Waals surface area contributed by atoms with Crippen molar-refractivity contribution in [2.45, 2.75) is 25.7 Å². The zero-order chi connectivity index (χ0) is 9.52. The van der Waals surface area contributed by atoms with E-state index in [-0.39, 0.29) is 5.91 Å². The lowest BCUT2D eigenvalue weighted by molar-refractivity contribution is -0.116. The highest BCUT2D eigenvalue weighted by molar-refractivity contribution is 5.79. The van der Waals surface area contributed by atoms with Crippen molar-refractivity contribution in [3.05, 3.63) is 6.92 Å². The van der Waals surface area contributed by atoms with Crippen molar-refractivity contribution in [3.8, 4) is 0 Å². The lowest BCUT2D eigenvalue weighted by atomic mass is 10.1. The van der Waals surface area contributed by atoms with Gasteiger partial charge in [0, 0.05) is 13.5 Å². The van der Waals surface area contributed by atoms with E-state index >= 15 is 0 Å². The Kier molecular flexibility index (Phi) is 4.83. The number of hydrogen-bond acceptors (Lipinski definition) is 2. The van der Waals surface area contributed by atoms with Crippen LogP contribution in [0.1, 0.15) is 25.7 Å². The van der Waals surface area contributed by atoms with Crippen molar-refractivity contribution in [3.63, 3.8) is 0 Å². The summed E-state index contributed by atoms with van der Waals surface area (Å²) in [6.45, 7) is 7.60. The van der Waals surface area contributed by atoms with Gasteiger partial charge in [0.15, 0.2) is 0 Å². The molecule has 3 nitrogen and oxygen atoms in total. The van der Waals surface area contributed by atoms with Crippen molar-refractivity contribution in [1.82, 2.24) is 10.2 Å². The monoisotopic (exact) mass is 183 g/mol. The van der Waals surface area contributed by atoms with Crippen LogP contribution in [-0.4, -0.2) is 37.0 Å². The Hall–Kier alpha value is -0.570. The van der Waals surface area contributed by atoms with E-state index < -0.39 is 0 Å². The van der Waals surface area contributed by atoms with Gasteiger partial charge in [-0.15, -0.1) is 0 Å². The van der Waals surface area contributed by atoms with Crippen LogP contribution in [0.15, 0.2) is 0 Å². The largest absolute Gasteiger partial charge is 0.356 e. The molecule has 0 bridgehead atoms. The minimum Gasteiger partial charge on any atom is -0.356 e.